The molecule has 0 aliphatic carbocycles. The summed E-state index contributed by atoms with van der Waals surface area (Å²) in [5.41, 5.74) is 0.366. The third-order valence-corrected chi connectivity index (χ3v) is 1.52. The second-order valence-corrected chi connectivity index (χ2v) is 3.13. The summed E-state index contributed by atoms with van der Waals surface area (Å²) in [5, 5.41) is 0. The zero-order valence-electron chi connectivity index (χ0n) is 8.33. The lowest BCUT2D eigenvalue weighted by Crippen LogP contribution is -2.25. The summed E-state index contributed by atoms with van der Waals surface area (Å²) in [6.07, 6.45) is -0.505. The number of pyridine rings is 1. The molecule has 14 heavy (non-hydrogen) atoms. The van der Waals surface area contributed by atoms with Crippen molar-refractivity contribution in [1.29, 1.82) is 0 Å². The number of aryl methyl sites for hydroxylation is 1. The number of carbonyl (C=O) groups excluding carboxylic acids is 1. The largest absolute Gasteiger partial charge is 0.414 e. The van der Waals surface area contributed by atoms with Gasteiger partial charge in [-0.1, -0.05) is 0 Å². The minimum atomic E-state index is -0.505. The number of ether oxygens (including phenoxy) is 1. The van der Waals surface area contributed by atoms with E-state index < -0.39 is 6.09 Å². The Labute approximate surface area is 81.3 Å². The molecule has 5 heteroatoms. The Kier molecular flexibility index (Phi) is 2.91. The van der Waals surface area contributed by atoms with Crippen LogP contribution in [0.3, 0.4) is 0 Å². The first-order chi connectivity index (χ1) is 6.49. The highest BCUT2D eigenvalue weighted by atomic mass is 16.6. The molecule has 1 aromatic heterocycles. The van der Waals surface area contributed by atoms with Gasteiger partial charge in [0.25, 0.3) is 5.56 Å². The number of rotatable bonds is 1. The lowest BCUT2D eigenvalue weighted by molar-refractivity contribution is 0.172. The van der Waals surface area contributed by atoms with Crippen LogP contribution in [0.4, 0.5) is 4.79 Å². The van der Waals surface area contributed by atoms with Crippen LogP contribution in [0, 0.1) is 6.92 Å². The van der Waals surface area contributed by atoms with Crippen molar-refractivity contribution < 1.29 is 9.53 Å². The molecule has 0 aromatic carbocycles. The minimum Gasteiger partial charge on any atom is -0.410 e. The molecular formula is C9H12N2O3. The number of nitrogens with one attached hydrogen (secondary N) is 1. The van der Waals surface area contributed by atoms with Gasteiger partial charge in [-0.15, -0.1) is 0 Å². The zero-order valence-corrected chi connectivity index (χ0v) is 8.33. The fourth-order valence-electron chi connectivity index (χ4n) is 0.902. The van der Waals surface area contributed by atoms with Crippen molar-refractivity contribution in [3.63, 3.8) is 0 Å². The second-order valence-electron chi connectivity index (χ2n) is 3.13. The van der Waals surface area contributed by atoms with Crippen molar-refractivity contribution in [3.8, 4) is 5.75 Å². The maximum Gasteiger partial charge on any atom is 0.414 e. The Morgan fingerprint density at radius 3 is 2.57 bits per heavy atom. The maximum atomic E-state index is 11.1. The number of hydrogen-bond acceptors (Lipinski definition) is 3. The Bertz CT molecular complexity index is 395. The van der Waals surface area contributed by atoms with E-state index in [1.54, 1.807) is 27.1 Å². The van der Waals surface area contributed by atoms with E-state index in [0.29, 0.717) is 5.69 Å². The van der Waals surface area contributed by atoms with Gasteiger partial charge < -0.3 is 14.6 Å². The summed E-state index contributed by atoms with van der Waals surface area (Å²) in [5.74, 6) is 0.255. The molecule has 0 spiro atoms. The van der Waals surface area contributed by atoms with Crippen LogP contribution in [-0.4, -0.2) is 30.1 Å². The fraction of sp³-hybridized carbons (Fsp3) is 0.333. The highest BCUT2D eigenvalue weighted by Crippen LogP contribution is 2.08. The Morgan fingerprint density at radius 2 is 2.07 bits per heavy atom. The highest BCUT2D eigenvalue weighted by molar-refractivity contribution is 5.69. The Morgan fingerprint density at radius 1 is 1.43 bits per heavy atom. The van der Waals surface area contributed by atoms with Crippen LogP contribution >= 0.6 is 0 Å². The lowest BCUT2D eigenvalue weighted by Gasteiger charge is -2.10. The van der Waals surface area contributed by atoms with Gasteiger partial charge in [-0.2, -0.15) is 0 Å². The molecule has 0 atom stereocenters. The van der Waals surface area contributed by atoms with Gasteiger partial charge in [-0.05, 0) is 6.92 Å². The molecule has 1 amide bonds. The summed E-state index contributed by atoms with van der Waals surface area (Å²) < 4.78 is 4.90. The summed E-state index contributed by atoms with van der Waals surface area (Å²) in [6.45, 7) is 1.72. The Hall–Kier alpha value is -1.78. The average Bonchev–Trinajstić information content (AvgIpc) is 2.01. The molecule has 0 unspecified atom stereocenters. The van der Waals surface area contributed by atoms with Crippen LogP contribution in [0.25, 0.3) is 0 Å². The molecule has 76 valence electrons. The van der Waals surface area contributed by atoms with E-state index in [2.05, 4.69) is 4.98 Å². The van der Waals surface area contributed by atoms with E-state index in [4.69, 9.17) is 4.74 Å². The predicted molar refractivity (Wildman–Crippen MR) is 51.5 cm³/mol. The number of nitrogens with zero attached hydrogens (tertiary/aromatic N) is 1. The topological polar surface area (TPSA) is 62.4 Å². The fourth-order valence-corrected chi connectivity index (χ4v) is 0.902. The van der Waals surface area contributed by atoms with Crippen molar-refractivity contribution in [3.05, 3.63) is 28.2 Å². The van der Waals surface area contributed by atoms with Gasteiger partial charge in [0, 0.05) is 31.9 Å². The van der Waals surface area contributed by atoms with Crippen molar-refractivity contribution in [2.75, 3.05) is 14.1 Å². The minimum absolute atomic E-state index is 0.255. The Balaban J connectivity index is 2.87. The first-order valence-electron chi connectivity index (χ1n) is 4.09. The molecule has 0 aliphatic heterocycles. The van der Waals surface area contributed by atoms with Gasteiger partial charge in [0.05, 0.1) is 0 Å². The standard InChI is InChI=1S/C9H12N2O3/c1-6-4-7(5-8(12)10-6)14-9(13)11(2)3/h4-5H,1-3H3,(H,10,12). The van der Waals surface area contributed by atoms with Gasteiger partial charge in [-0.25, -0.2) is 4.79 Å². The number of hydrogen-bond donors (Lipinski definition) is 1. The SMILES string of the molecule is Cc1cc(OC(=O)N(C)C)cc(=O)[nH]1. The number of aromatic nitrogens is 1. The molecule has 1 N–H and O–H groups in total. The van der Waals surface area contributed by atoms with Gasteiger partial charge in [0.2, 0.25) is 0 Å². The summed E-state index contributed by atoms with van der Waals surface area (Å²) in [7, 11) is 3.14. The van der Waals surface area contributed by atoms with Gasteiger partial charge in [0.1, 0.15) is 5.75 Å². The van der Waals surface area contributed by atoms with Crippen molar-refractivity contribution in [2.45, 2.75) is 6.92 Å². The number of H-pyrrole nitrogens is 1. The van der Waals surface area contributed by atoms with E-state index in [-0.39, 0.29) is 11.3 Å². The van der Waals surface area contributed by atoms with Crippen molar-refractivity contribution in [2.24, 2.45) is 0 Å². The van der Waals surface area contributed by atoms with Gasteiger partial charge >= 0.3 is 6.09 Å². The number of amides is 1. The van der Waals surface area contributed by atoms with Crippen LogP contribution in [0.15, 0.2) is 16.9 Å². The van der Waals surface area contributed by atoms with Gasteiger partial charge in [-0.3, -0.25) is 4.79 Å². The van der Waals surface area contributed by atoms with Crippen LogP contribution in [0.1, 0.15) is 5.69 Å². The zero-order chi connectivity index (χ0) is 10.7. The van der Waals surface area contributed by atoms with E-state index in [1.807, 2.05) is 0 Å². The summed E-state index contributed by atoms with van der Waals surface area (Å²) in [6, 6.07) is 2.82. The third kappa shape index (κ3) is 2.62. The second kappa shape index (κ2) is 3.95. The van der Waals surface area contributed by atoms with Crippen LogP contribution in [0.2, 0.25) is 0 Å². The first-order valence-corrected chi connectivity index (χ1v) is 4.09. The molecule has 0 aliphatic rings. The molecule has 0 saturated heterocycles. The molecule has 0 saturated carbocycles. The van der Waals surface area contributed by atoms with Crippen LogP contribution in [-0.2, 0) is 0 Å². The highest BCUT2D eigenvalue weighted by Gasteiger charge is 2.07. The molecule has 0 bridgehead atoms. The van der Waals surface area contributed by atoms with E-state index >= 15 is 0 Å². The molecule has 5 nitrogen and oxygen atoms in total. The molecule has 0 fully saturated rings. The van der Waals surface area contributed by atoms with Crippen molar-refractivity contribution in [1.82, 2.24) is 9.88 Å². The van der Waals surface area contributed by atoms with E-state index in [1.165, 1.54) is 11.0 Å². The van der Waals surface area contributed by atoms with Crippen molar-refractivity contribution >= 4 is 6.09 Å². The van der Waals surface area contributed by atoms with Crippen LogP contribution < -0.4 is 10.3 Å². The molecule has 0 radical (unpaired) electrons. The molecule has 1 aromatic rings. The van der Waals surface area contributed by atoms with E-state index in [0.717, 1.165) is 0 Å². The monoisotopic (exact) mass is 196 g/mol. The molecule has 1 heterocycles. The summed E-state index contributed by atoms with van der Waals surface area (Å²) >= 11 is 0. The normalized spacial score (nSPS) is 9.64. The maximum absolute atomic E-state index is 11.1. The molecular weight excluding hydrogens is 184 g/mol. The summed E-state index contributed by atoms with van der Waals surface area (Å²) in [4.78, 5) is 26.0. The predicted octanol–water partition coefficient (Wildman–Crippen LogP) is 0.744. The third-order valence-electron chi connectivity index (χ3n) is 1.52. The van der Waals surface area contributed by atoms with Crippen LogP contribution in [0.5, 0.6) is 5.75 Å². The number of carbonyl (C=O) groups is 1. The number of aromatic amines is 1. The first kappa shape index (κ1) is 10.3. The van der Waals surface area contributed by atoms with E-state index in [9.17, 15) is 9.59 Å². The lowest BCUT2D eigenvalue weighted by atomic mass is 10.3. The molecule has 1 rings (SSSR count). The quantitative estimate of drug-likeness (QED) is 0.720. The van der Waals surface area contributed by atoms with Gasteiger partial charge in [0.15, 0.2) is 0 Å². The average molecular weight is 196 g/mol. The smallest absolute Gasteiger partial charge is 0.410 e.